The SMILES string of the molecule is CCCC1=C(C(=O)OCC)C(c2ccc3c(c2)OCO3)n2c(s/c(=C\c3ccc(-c4cc([N+](=O)[O-])ccc4C)o3)c2=O)=N1. The van der Waals surface area contributed by atoms with E-state index in [0.29, 0.717) is 61.2 Å². The van der Waals surface area contributed by atoms with Gasteiger partial charge in [0.1, 0.15) is 11.5 Å². The number of furan rings is 1. The number of nitrogens with zero attached hydrogens (tertiary/aromatic N) is 3. The Morgan fingerprint density at radius 1 is 1.16 bits per heavy atom. The molecule has 0 amide bonds. The molecule has 0 spiro atoms. The Morgan fingerprint density at radius 3 is 2.74 bits per heavy atom. The van der Waals surface area contributed by atoms with Crippen LogP contribution in [0.1, 0.15) is 49.6 Å². The Bertz CT molecular complexity index is 1980. The Morgan fingerprint density at radius 2 is 1.98 bits per heavy atom. The van der Waals surface area contributed by atoms with Crippen LogP contribution in [-0.2, 0) is 9.53 Å². The molecule has 6 rings (SSSR count). The zero-order chi connectivity index (χ0) is 30.2. The summed E-state index contributed by atoms with van der Waals surface area (Å²) in [5.41, 5.74) is 2.53. The van der Waals surface area contributed by atoms with Gasteiger partial charge >= 0.3 is 5.97 Å². The highest BCUT2D eigenvalue weighted by Gasteiger charge is 2.35. The van der Waals surface area contributed by atoms with E-state index in [2.05, 4.69) is 0 Å². The van der Waals surface area contributed by atoms with E-state index in [1.807, 2.05) is 19.9 Å². The summed E-state index contributed by atoms with van der Waals surface area (Å²) in [6, 6.07) is 12.5. The summed E-state index contributed by atoms with van der Waals surface area (Å²) in [5.74, 6) is 1.41. The van der Waals surface area contributed by atoms with E-state index in [4.69, 9.17) is 23.6 Å². The fraction of sp³-hybridized carbons (Fsp3) is 0.258. The number of hydrogen-bond acceptors (Lipinski definition) is 10. The Hall–Kier alpha value is -4.97. The number of allylic oxidation sites excluding steroid dienone is 1. The van der Waals surface area contributed by atoms with Crippen molar-refractivity contribution in [3.63, 3.8) is 0 Å². The normalized spacial score (nSPS) is 15.8. The molecule has 0 radical (unpaired) electrons. The summed E-state index contributed by atoms with van der Waals surface area (Å²) >= 11 is 1.19. The van der Waals surface area contributed by atoms with Crippen molar-refractivity contribution >= 4 is 29.1 Å². The molecule has 0 N–H and O–H groups in total. The molecule has 43 heavy (non-hydrogen) atoms. The predicted octanol–water partition coefficient (Wildman–Crippen LogP) is 4.78. The van der Waals surface area contributed by atoms with Crippen LogP contribution in [0.5, 0.6) is 11.5 Å². The van der Waals surface area contributed by atoms with Crippen LogP contribution in [-0.4, -0.2) is 28.9 Å². The van der Waals surface area contributed by atoms with Gasteiger partial charge in [0.15, 0.2) is 16.3 Å². The van der Waals surface area contributed by atoms with Gasteiger partial charge in [-0.15, -0.1) is 0 Å². The second-order valence-corrected chi connectivity index (χ2v) is 11.0. The summed E-state index contributed by atoms with van der Waals surface area (Å²) < 4.78 is 24.4. The van der Waals surface area contributed by atoms with E-state index in [0.717, 1.165) is 12.0 Å². The van der Waals surface area contributed by atoms with E-state index < -0.39 is 16.9 Å². The second-order valence-electron chi connectivity index (χ2n) is 9.98. The molecular weight excluding hydrogens is 574 g/mol. The maximum Gasteiger partial charge on any atom is 0.338 e. The minimum Gasteiger partial charge on any atom is -0.463 e. The zero-order valence-corrected chi connectivity index (χ0v) is 24.4. The number of nitro benzene ring substituents is 1. The lowest BCUT2D eigenvalue weighted by Gasteiger charge is -2.25. The van der Waals surface area contributed by atoms with Gasteiger partial charge in [-0.3, -0.25) is 19.5 Å². The topological polar surface area (TPSA) is 135 Å². The van der Waals surface area contributed by atoms with Crippen LogP contribution in [0.3, 0.4) is 0 Å². The molecule has 0 bridgehead atoms. The molecule has 12 heteroatoms. The van der Waals surface area contributed by atoms with Crippen LogP contribution in [0.4, 0.5) is 5.69 Å². The maximum atomic E-state index is 14.0. The summed E-state index contributed by atoms with van der Waals surface area (Å²) in [6.07, 6.45) is 2.87. The first-order chi connectivity index (χ1) is 20.8. The first-order valence-electron chi connectivity index (χ1n) is 13.8. The van der Waals surface area contributed by atoms with Gasteiger partial charge in [0.25, 0.3) is 11.2 Å². The molecule has 4 aromatic rings. The van der Waals surface area contributed by atoms with E-state index in [9.17, 15) is 19.7 Å². The van der Waals surface area contributed by atoms with Gasteiger partial charge in [-0.05, 0) is 55.7 Å². The molecule has 0 aliphatic carbocycles. The van der Waals surface area contributed by atoms with Crippen molar-refractivity contribution in [3.8, 4) is 22.8 Å². The maximum absolute atomic E-state index is 14.0. The molecule has 1 unspecified atom stereocenters. The number of hydrogen-bond donors (Lipinski definition) is 0. The lowest BCUT2D eigenvalue weighted by Crippen LogP contribution is -2.40. The van der Waals surface area contributed by atoms with Crippen molar-refractivity contribution in [2.24, 2.45) is 4.99 Å². The molecule has 2 aliphatic rings. The van der Waals surface area contributed by atoms with E-state index in [1.165, 1.54) is 28.0 Å². The van der Waals surface area contributed by atoms with Crippen molar-refractivity contribution < 1.29 is 28.3 Å². The van der Waals surface area contributed by atoms with Crippen LogP contribution < -0.4 is 24.4 Å². The molecular formula is C31H27N3O8S. The van der Waals surface area contributed by atoms with Gasteiger partial charge in [0.05, 0.1) is 33.4 Å². The van der Waals surface area contributed by atoms with Crippen LogP contribution in [0.2, 0.25) is 0 Å². The fourth-order valence-electron chi connectivity index (χ4n) is 5.21. The molecule has 2 aliphatic heterocycles. The second kappa shape index (κ2) is 11.4. The van der Waals surface area contributed by atoms with Crippen LogP contribution in [0, 0.1) is 17.0 Å². The third-order valence-electron chi connectivity index (χ3n) is 7.20. The number of esters is 1. The highest BCUT2D eigenvalue weighted by atomic mass is 32.1. The van der Waals surface area contributed by atoms with E-state index in [1.54, 1.807) is 43.3 Å². The number of benzene rings is 2. The number of nitro groups is 1. The number of non-ortho nitro benzene ring substituents is 1. The van der Waals surface area contributed by atoms with Crippen molar-refractivity contribution in [1.82, 2.24) is 4.57 Å². The van der Waals surface area contributed by atoms with Crippen molar-refractivity contribution in [2.75, 3.05) is 13.4 Å². The zero-order valence-electron chi connectivity index (χ0n) is 23.6. The monoisotopic (exact) mass is 601 g/mol. The first kappa shape index (κ1) is 28.2. The molecule has 0 fully saturated rings. The first-order valence-corrected chi connectivity index (χ1v) is 14.6. The number of fused-ring (bicyclic) bond motifs is 2. The summed E-state index contributed by atoms with van der Waals surface area (Å²) in [6.45, 7) is 5.82. The van der Waals surface area contributed by atoms with Crippen molar-refractivity contribution in [3.05, 3.63) is 106 Å². The highest BCUT2D eigenvalue weighted by Crippen LogP contribution is 2.39. The van der Waals surface area contributed by atoms with Crippen LogP contribution in [0.15, 0.2) is 74.0 Å². The Balaban J connectivity index is 1.49. The molecule has 0 saturated heterocycles. The predicted molar refractivity (Wildman–Crippen MR) is 158 cm³/mol. The highest BCUT2D eigenvalue weighted by molar-refractivity contribution is 7.07. The van der Waals surface area contributed by atoms with Crippen LogP contribution >= 0.6 is 11.3 Å². The Kier molecular flexibility index (Phi) is 7.45. The molecule has 4 heterocycles. The number of carbonyl (C=O) groups excluding carboxylic acids is 1. The fourth-order valence-corrected chi connectivity index (χ4v) is 6.21. The quantitative estimate of drug-likeness (QED) is 0.160. The molecule has 1 atom stereocenters. The van der Waals surface area contributed by atoms with Gasteiger partial charge in [-0.25, -0.2) is 9.79 Å². The minimum absolute atomic E-state index is 0.0457. The third-order valence-corrected chi connectivity index (χ3v) is 8.19. The smallest absolute Gasteiger partial charge is 0.338 e. The molecule has 220 valence electrons. The summed E-state index contributed by atoms with van der Waals surface area (Å²) in [5, 5.41) is 11.3. The minimum atomic E-state index is -0.798. The third kappa shape index (κ3) is 5.14. The molecule has 2 aromatic heterocycles. The average Bonchev–Trinajstić information content (AvgIpc) is 3.72. The van der Waals surface area contributed by atoms with Gasteiger partial charge in [-0.1, -0.05) is 36.8 Å². The lowest BCUT2D eigenvalue weighted by atomic mass is 9.94. The summed E-state index contributed by atoms with van der Waals surface area (Å²) in [4.78, 5) is 43.5. The number of rotatable bonds is 8. The molecule has 11 nitrogen and oxygen atoms in total. The standard InChI is InChI=1S/C31H27N3O8S/c1-4-6-22-27(30(36)39-5-2)28(18-8-11-24-25(13-18)41-16-40-24)33-29(35)26(43-31(33)32-22)15-20-10-12-23(42-20)21-14-19(34(37)38)9-7-17(21)3/h7-15,28H,4-6,16H2,1-3H3/b26-15-. The van der Waals surface area contributed by atoms with E-state index in [-0.39, 0.29) is 24.6 Å². The van der Waals surface area contributed by atoms with Crippen molar-refractivity contribution in [2.45, 2.75) is 39.7 Å². The average molecular weight is 602 g/mol. The molecule has 0 saturated carbocycles. The van der Waals surface area contributed by atoms with Crippen molar-refractivity contribution in [1.29, 1.82) is 0 Å². The molecule has 2 aromatic carbocycles. The number of carbonyl (C=O) groups is 1. The van der Waals surface area contributed by atoms with Gasteiger partial charge in [0.2, 0.25) is 6.79 Å². The summed E-state index contributed by atoms with van der Waals surface area (Å²) in [7, 11) is 0. The Labute approximate surface area is 249 Å². The van der Waals surface area contributed by atoms with Gasteiger partial charge in [0, 0.05) is 23.8 Å². The lowest BCUT2D eigenvalue weighted by molar-refractivity contribution is -0.384. The number of aromatic nitrogens is 1. The van der Waals surface area contributed by atoms with E-state index >= 15 is 0 Å². The van der Waals surface area contributed by atoms with Crippen LogP contribution in [0.25, 0.3) is 17.4 Å². The van der Waals surface area contributed by atoms with Gasteiger partial charge < -0.3 is 18.6 Å². The number of ether oxygens (including phenoxy) is 3. The number of aryl methyl sites for hydroxylation is 1. The largest absolute Gasteiger partial charge is 0.463 e. The number of thiazole rings is 1. The van der Waals surface area contributed by atoms with Gasteiger partial charge in [-0.2, -0.15) is 0 Å².